The summed E-state index contributed by atoms with van der Waals surface area (Å²) in [6.07, 6.45) is 11.4. The maximum atomic E-state index is 12.3. The van der Waals surface area contributed by atoms with Crippen molar-refractivity contribution in [1.29, 1.82) is 0 Å². The zero-order valence-corrected chi connectivity index (χ0v) is 14.6. The summed E-state index contributed by atoms with van der Waals surface area (Å²) in [5, 5.41) is 0. The minimum absolute atomic E-state index is 0.186. The largest absolute Gasteiger partial charge is 0.455 e. The van der Waals surface area contributed by atoms with E-state index in [1.807, 2.05) is 0 Å². The molecule has 0 aromatic carbocycles. The molecule has 1 atom stereocenters. The highest BCUT2D eigenvalue weighted by Gasteiger charge is 2.60. The van der Waals surface area contributed by atoms with E-state index in [-0.39, 0.29) is 17.0 Å². The maximum Gasteiger partial charge on any atom is 0.333 e. The summed E-state index contributed by atoms with van der Waals surface area (Å²) in [7, 11) is 0. The average molecular weight is 304 g/mol. The molecule has 4 fully saturated rings. The van der Waals surface area contributed by atoms with Crippen molar-refractivity contribution in [3.05, 3.63) is 12.2 Å². The third-order valence-corrected chi connectivity index (χ3v) is 6.83. The lowest BCUT2D eigenvalue weighted by Gasteiger charge is -2.62. The fraction of sp³-hybridized carbons (Fsp3) is 0.850. The fourth-order valence-corrected chi connectivity index (χ4v) is 5.99. The van der Waals surface area contributed by atoms with Gasteiger partial charge >= 0.3 is 5.97 Å². The summed E-state index contributed by atoms with van der Waals surface area (Å²) in [5.74, 6) is 2.47. The van der Waals surface area contributed by atoms with E-state index in [2.05, 4.69) is 20.4 Å². The van der Waals surface area contributed by atoms with Crippen molar-refractivity contribution in [2.45, 2.75) is 84.2 Å². The van der Waals surface area contributed by atoms with E-state index in [1.54, 1.807) is 6.92 Å². The molecular formula is C20H32O2. The zero-order valence-electron chi connectivity index (χ0n) is 14.6. The van der Waals surface area contributed by atoms with Crippen LogP contribution in [0.4, 0.5) is 0 Å². The van der Waals surface area contributed by atoms with Crippen LogP contribution >= 0.6 is 0 Å². The first-order valence-corrected chi connectivity index (χ1v) is 9.26. The summed E-state index contributed by atoms with van der Waals surface area (Å²) in [6.45, 7) is 10.0. The van der Waals surface area contributed by atoms with Crippen LogP contribution in [0, 0.1) is 23.2 Å². The number of rotatable bonds is 6. The van der Waals surface area contributed by atoms with Crippen molar-refractivity contribution in [1.82, 2.24) is 0 Å². The Balaban J connectivity index is 1.87. The predicted molar refractivity (Wildman–Crippen MR) is 89.4 cm³/mol. The molecule has 4 saturated carbocycles. The van der Waals surface area contributed by atoms with E-state index >= 15 is 0 Å². The van der Waals surface area contributed by atoms with Gasteiger partial charge in [0.05, 0.1) is 0 Å². The number of esters is 1. The Kier molecular flexibility index (Phi) is 4.16. The zero-order chi connectivity index (χ0) is 16.0. The Morgan fingerprint density at radius 1 is 1.18 bits per heavy atom. The molecule has 22 heavy (non-hydrogen) atoms. The molecule has 0 N–H and O–H groups in total. The quantitative estimate of drug-likeness (QED) is 0.493. The lowest BCUT2D eigenvalue weighted by Crippen LogP contribution is -2.58. The molecule has 4 bridgehead atoms. The summed E-state index contributed by atoms with van der Waals surface area (Å²) in [6, 6.07) is 0. The molecule has 0 heterocycles. The molecule has 2 nitrogen and oxygen atoms in total. The molecule has 124 valence electrons. The van der Waals surface area contributed by atoms with Crippen molar-refractivity contribution in [2.24, 2.45) is 23.2 Å². The van der Waals surface area contributed by atoms with Crippen LogP contribution in [-0.2, 0) is 9.53 Å². The first-order valence-electron chi connectivity index (χ1n) is 9.26. The van der Waals surface area contributed by atoms with Gasteiger partial charge in [0.2, 0.25) is 0 Å². The number of unbranched alkanes of at least 4 members (excludes halogenated alkanes) is 1. The molecule has 0 aromatic heterocycles. The Labute approximate surface area is 135 Å². The van der Waals surface area contributed by atoms with Gasteiger partial charge in [-0.3, -0.25) is 0 Å². The number of carbonyl (C=O) groups is 1. The van der Waals surface area contributed by atoms with Crippen molar-refractivity contribution < 1.29 is 9.53 Å². The molecule has 0 saturated heterocycles. The molecule has 1 unspecified atom stereocenters. The smallest absolute Gasteiger partial charge is 0.333 e. The molecule has 4 rings (SSSR count). The van der Waals surface area contributed by atoms with Crippen molar-refractivity contribution in [3.63, 3.8) is 0 Å². The van der Waals surface area contributed by atoms with Crippen LogP contribution in [-0.4, -0.2) is 11.6 Å². The van der Waals surface area contributed by atoms with E-state index in [4.69, 9.17) is 4.74 Å². The van der Waals surface area contributed by atoms with Crippen molar-refractivity contribution in [3.8, 4) is 0 Å². The van der Waals surface area contributed by atoms with E-state index in [9.17, 15) is 4.79 Å². The number of carbonyl (C=O) groups excluding carboxylic acids is 1. The molecule has 0 spiro atoms. The lowest BCUT2D eigenvalue weighted by atomic mass is 9.45. The molecule has 4 aliphatic rings. The van der Waals surface area contributed by atoms with Gasteiger partial charge < -0.3 is 4.74 Å². The predicted octanol–water partition coefficient (Wildman–Crippen LogP) is 5.27. The lowest BCUT2D eigenvalue weighted by molar-refractivity contribution is -0.203. The second-order valence-electron chi connectivity index (χ2n) is 8.70. The molecular weight excluding hydrogens is 272 g/mol. The fourth-order valence-electron chi connectivity index (χ4n) is 5.99. The Morgan fingerprint density at radius 2 is 1.68 bits per heavy atom. The third kappa shape index (κ3) is 2.63. The number of hydrogen-bond acceptors (Lipinski definition) is 2. The van der Waals surface area contributed by atoms with E-state index in [0.29, 0.717) is 5.57 Å². The molecule has 4 aliphatic carbocycles. The number of ether oxygens (including phenoxy) is 1. The Morgan fingerprint density at radius 3 is 2.09 bits per heavy atom. The van der Waals surface area contributed by atoms with Gasteiger partial charge in [0.15, 0.2) is 0 Å². The first kappa shape index (κ1) is 16.1. The minimum atomic E-state index is -0.297. The summed E-state index contributed by atoms with van der Waals surface area (Å²) >= 11 is 0. The highest BCUT2D eigenvalue weighted by Crippen LogP contribution is 2.65. The second-order valence-corrected chi connectivity index (χ2v) is 8.70. The van der Waals surface area contributed by atoms with Gasteiger partial charge in [0, 0.05) is 11.0 Å². The highest BCUT2D eigenvalue weighted by molar-refractivity contribution is 5.87. The molecule has 0 amide bonds. The molecule has 2 heteroatoms. The molecule has 0 aliphatic heterocycles. The van der Waals surface area contributed by atoms with Gasteiger partial charge in [-0.1, -0.05) is 19.9 Å². The van der Waals surface area contributed by atoms with Gasteiger partial charge in [0.25, 0.3) is 0 Å². The van der Waals surface area contributed by atoms with Crippen LogP contribution in [0.1, 0.15) is 78.6 Å². The van der Waals surface area contributed by atoms with Crippen molar-refractivity contribution >= 4 is 5.97 Å². The SMILES string of the molecule is C=C(C)C(=O)OC(C)(CCCC)C12CC3CC(CC(C3)C1)C2. The normalized spacial score (nSPS) is 38.6. The van der Waals surface area contributed by atoms with Gasteiger partial charge in [0.1, 0.15) is 5.60 Å². The van der Waals surface area contributed by atoms with Crippen molar-refractivity contribution in [2.75, 3.05) is 0 Å². The van der Waals surface area contributed by atoms with Gasteiger partial charge in [-0.2, -0.15) is 0 Å². The van der Waals surface area contributed by atoms with Crippen LogP contribution < -0.4 is 0 Å². The van der Waals surface area contributed by atoms with Crippen LogP contribution in [0.3, 0.4) is 0 Å². The Hall–Kier alpha value is -0.790. The molecule has 0 aromatic rings. The van der Waals surface area contributed by atoms with E-state index < -0.39 is 0 Å². The first-order chi connectivity index (χ1) is 10.4. The van der Waals surface area contributed by atoms with E-state index in [0.717, 1.165) is 37.0 Å². The highest BCUT2D eigenvalue weighted by atomic mass is 16.6. The van der Waals surface area contributed by atoms with Gasteiger partial charge in [-0.15, -0.1) is 0 Å². The second kappa shape index (κ2) is 5.69. The monoisotopic (exact) mass is 304 g/mol. The van der Waals surface area contributed by atoms with E-state index in [1.165, 1.54) is 38.5 Å². The van der Waals surface area contributed by atoms with Gasteiger partial charge in [-0.05, 0) is 83.0 Å². The van der Waals surface area contributed by atoms with Crippen LogP contribution in [0.15, 0.2) is 12.2 Å². The standard InChI is InChI=1S/C20H32O2/c1-5-6-7-19(4,22-18(21)14(2)3)20-11-15-8-16(12-20)10-17(9-15)13-20/h15-17H,2,5-13H2,1,3-4H3. The topological polar surface area (TPSA) is 26.3 Å². The minimum Gasteiger partial charge on any atom is -0.455 e. The summed E-state index contributed by atoms with van der Waals surface area (Å²) in [5.41, 5.74) is 0.476. The van der Waals surface area contributed by atoms with Crippen LogP contribution in [0.2, 0.25) is 0 Å². The van der Waals surface area contributed by atoms with Crippen LogP contribution in [0.5, 0.6) is 0 Å². The third-order valence-electron chi connectivity index (χ3n) is 6.83. The summed E-state index contributed by atoms with van der Waals surface area (Å²) in [4.78, 5) is 12.3. The average Bonchev–Trinajstić information content (AvgIpc) is 2.43. The Bertz CT molecular complexity index is 429. The van der Waals surface area contributed by atoms with Crippen LogP contribution in [0.25, 0.3) is 0 Å². The molecule has 0 radical (unpaired) electrons. The summed E-state index contributed by atoms with van der Waals surface area (Å²) < 4.78 is 6.15. The number of hydrogen-bond donors (Lipinski definition) is 0. The van der Waals surface area contributed by atoms with Gasteiger partial charge in [-0.25, -0.2) is 4.79 Å². The maximum absolute atomic E-state index is 12.3.